The predicted molar refractivity (Wildman–Crippen MR) is 144 cm³/mol. The molecule has 1 atom stereocenters. The fourth-order valence-corrected chi connectivity index (χ4v) is 5.93. The van der Waals surface area contributed by atoms with Gasteiger partial charge in [-0.3, -0.25) is 4.79 Å². The van der Waals surface area contributed by atoms with Crippen molar-refractivity contribution in [2.24, 2.45) is 0 Å². The first-order valence-corrected chi connectivity index (χ1v) is 14.9. The number of rotatable bonds is 9. The molecule has 3 rings (SSSR count). The number of piperidine rings is 1. The number of likely N-dealkylation sites (tertiary alicyclic amines) is 1. The van der Waals surface area contributed by atoms with Gasteiger partial charge in [0.1, 0.15) is 0 Å². The molecule has 0 radical (unpaired) electrons. The summed E-state index contributed by atoms with van der Waals surface area (Å²) in [5.41, 5.74) is -0.00445. The monoisotopic (exact) mass is 613 g/mol. The standard InChI is InChI=1S/C25H29Cl3F3N3O3S/c1-33(15-16-3-5-21(26)20(13-16)25(29,30)31)24(35)19(17-4-6-22(27)23(28)14-17)9-12-34-10-7-18(8-11-34)32-38(2,36)37/h3-6,13-14,18-19,32H,7-12,15H2,1-2H3. The summed E-state index contributed by atoms with van der Waals surface area (Å²) < 4.78 is 65.6. The molecule has 13 heteroatoms. The molecule has 38 heavy (non-hydrogen) atoms. The Bertz CT molecular complexity index is 1250. The number of alkyl halides is 3. The first-order valence-electron chi connectivity index (χ1n) is 11.9. The molecule has 0 aromatic heterocycles. The lowest BCUT2D eigenvalue weighted by Gasteiger charge is -2.33. The van der Waals surface area contributed by atoms with Gasteiger partial charge in [-0.05, 0) is 74.3 Å². The number of halogens is 6. The number of sulfonamides is 1. The van der Waals surface area contributed by atoms with Crippen LogP contribution in [0.5, 0.6) is 0 Å². The molecule has 1 amide bonds. The Morgan fingerprint density at radius 3 is 2.29 bits per heavy atom. The van der Waals surface area contributed by atoms with Crippen molar-refractivity contribution in [3.05, 3.63) is 68.2 Å². The molecule has 6 nitrogen and oxygen atoms in total. The lowest BCUT2D eigenvalue weighted by atomic mass is 9.93. The molecule has 0 aliphatic carbocycles. The van der Waals surface area contributed by atoms with Crippen molar-refractivity contribution < 1.29 is 26.4 Å². The van der Waals surface area contributed by atoms with Crippen LogP contribution in [0, 0.1) is 0 Å². The molecule has 1 N–H and O–H groups in total. The van der Waals surface area contributed by atoms with Crippen molar-refractivity contribution in [2.75, 3.05) is 32.9 Å². The maximum absolute atomic E-state index is 13.6. The van der Waals surface area contributed by atoms with Crippen LogP contribution in [0.1, 0.15) is 41.9 Å². The van der Waals surface area contributed by atoms with Gasteiger partial charge in [-0.1, -0.05) is 46.9 Å². The lowest BCUT2D eigenvalue weighted by molar-refractivity contribution is -0.137. The Labute approximate surface area is 236 Å². The van der Waals surface area contributed by atoms with Gasteiger partial charge >= 0.3 is 6.18 Å². The highest BCUT2D eigenvalue weighted by molar-refractivity contribution is 7.88. The van der Waals surface area contributed by atoms with E-state index in [2.05, 4.69) is 9.62 Å². The highest BCUT2D eigenvalue weighted by Crippen LogP contribution is 2.36. The topological polar surface area (TPSA) is 69.7 Å². The quantitative estimate of drug-likeness (QED) is 0.387. The van der Waals surface area contributed by atoms with E-state index in [9.17, 15) is 26.4 Å². The molecule has 0 spiro atoms. The smallest absolute Gasteiger partial charge is 0.341 e. The maximum atomic E-state index is 13.6. The van der Waals surface area contributed by atoms with Crippen LogP contribution in [-0.4, -0.2) is 63.1 Å². The van der Waals surface area contributed by atoms with E-state index in [0.29, 0.717) is 60.1 Å². The van der Waals surface area contributed by atoms with Crippen molar-refractivity contribution in [1.82, 2.24) is 14.5 Å². The first kappa shape index (κ1) is 31.0. The van der Waals surface area contributed by atoms with Crippen LogP contribution in [0.4, 0.5) is 13.2 Å². The van der Waals surface area contributed by atoms with Gasteiger partial charge in [0.2, 0.25) is 15.9 Å². The number of nitrogens with one attached hydrogen (secondary N) is 1. The lowest BCUT2D eigenvalue weighted by Crippen LogP contribution is -2.45. The minimum atomic E-state index is -4.61. The number of likely N-dealkylation sites (N-methyl/N-ethyl adjacent to an activating group) is 1. The van der Waals surface area contributed by atoms with E-state index in [-0.39, 0.29) is 18.5 Å². The van der Waals surface area contributed by atoms with Gasteiger partial charge in [-0.25, -0.2) is 13.1 Å². The summed E-state index contributed by atoms with van der Waals surface area (Å²) in [5.74, 6) is -0.892. The van der Waals surface area contributed by atoms with Crippen molar-refractivity contribution in [1.29, 1.82) is 0 Å². The number of hydrogen-bond acceptors (Lipinski definition) is 4. The zero-order valence-corrected chi connectivity index (χ0v) is 23.9. The summed E-state index contributed by atoms with van der Waals surface area (Å²) in [6.45, 7) is 1.85. The van der Waals surface area contributed by atoms with Gasteiger partial charge in [0.25, 0.3) is 0 Å². The Morgan fingerprint density at radius 2 is 1.71 bits per heavy atom. The van der Waals surface area contributed by atoms with E-state index in [0.717, 1.165) is 12.3 Å². The van der Waals surface area contributed by atoms with Crippen LogP contribution >= 0.6 is 34.8 Å². The third-order valence-corrected chi connectivity index (χ3v) is 8.31. The molecule has 210 valence electrons. The van der Waals surface area contributed by atoms with Crippen LogP contribution in [0.2, 0.25) is 15.1 Å². The molecular weight excluding hydrogens is 586 g/mol. The van der Waals surface area contributed by atoms with E-state index in [4.69, 9.17) is 34.8 Å². The van der Waals surface area contributed by atoms with Crippen molar-refractivity contribution >= 4 is 50.7 Å². The molecule has 2 aromatic rings. The Hall–Kier alpha value is -1.56. The second-order valence-electron chi connectivity index (χ2n) is 9.53. The summed E-state index contributed by atoms with van der Waals surface area (Å²) in [5, 5.41) is 0.237. The van der Waals surface area contributed by atoms with E-state index in [1.54, 1.807) is 18.2 Å². The number of carbonyl (C=O) groups is 1. The molecule has 0 bridgehead atoms. The zero-order valence-electron chi connectivity index (χ0n) is 20.9. The van der Waals surface area contributed by atoms with Gasteiger partial charge in [-0.2, -0.15) is 13.2 Å². The fraction of sp³-hybridized carbons (Fsp3) is 0.480. The number of benzene rings is 2. The van der Waals surface area contributed by atoms with Crippen LogP contribution < -0.4 is 4.72 Å². The molecule has 1 aliphatic heterocycles. The first-order chi connectivity index (χ1) is 17.6. The van der Waals surface area contributed by atoms with Gasteiger partial charge in [-0.15, -0.1) is 0 Å². The van der Waals surface area contributed by atoms with E-state index in [1.165, 1.54) is 24.1 Å². The molecule has 0 saturated carbocycles. The normalized spacial score (nSPS) is 16.4. The third-order valence-electron chi connectivity index (χ3n) is 6.48. The van der Waals surface area contributed by atoms with Crippen molar-refractivity contribution in [3.8, 4) is 0 Å². The Morgan fingerprint density at radius 1 is 1.08 bits per heavy atom. The Balaban J connectivity index is 1.74. The number of hydrogen-bond donors (Lipinski definition) is 1. The largest absolute Gasteiger partial charge is 0.417 e. The SMILES string of the molecule is CN(Cc1ccc(Cl)c(C(F)(F)F)c1)C(=O)C(CCN1CCC(NS(C)(=O)=O)CC1)c1ccc(Cl)c(Cl)c1. The van der Waals surface area contributed by atoms with Gasteiger partial charge < -0.3 is 9.80 Å². The van der Waals surface area contributed by atoms with Crippen molar-refractivity contribution in [3.63, 3.8) is 0 Å². The minimum Gasteiger partial charge on any atom is -0.341 e. The summed E-state index contributed by atoms with van der Waals surface area (Å²) in [7, 11) is -1.74. The van der Waals surface area contributed by atoms with Crippen LogP contribution in [-0.2, 0) is 27.5 Å². The highest BCUT2D eigenvalue weighted by Gasteiger charge is 2.34. The van der Waals surface area contributed by atoms with Gasteiger partial charge in [0.15, 0.2) is 0 Å². The number of carbonyl (C=O) groups excluding carboxylic acids is 1. The fourth-order valence-electron chi connectivity index (χ4n) is 4.56. The summed E-state index contributed by atoms with van der Waals surface area (Å²) in [6.07, 6.45) is -1.74. The highest BCUT2D eigenvalue weighted by atomic mass is 35.5. The average Bonchev–Trinajstić information content (AvgIpc) is 2.81. The van der Waals surface area contributed by atoms with Crippen LogP contribution in [0.15, 0.2) is 36.4 Å². The second-order valence-corrected chi connectivity index (χ2v) is 12.5. The molecule has 1 aliphatic rings. The molecule has 1 unspecified atom stereocenters. The molecule has 1 saturated heterocycles. The summed E-state index contributed by atoms with van der Waals surface area (Å²) >= 11 is 18.0. The minimum absolute atomic E-state index is 0.0422. The number of nitrogens with zero attached hydrogens (tertiary/aromatic N) is 2. The second kappa shape index (κ2) is 12.7. The van der Waals surface area contributed by atoms with Crippen LogP contribution in [0.3, 0.4) is 0 Å². The van der Waals surface area contributed by atoms with Crippen molar-refractivity contribution in [2.45, 2.75) is 43.9 Å². The van der Waals surface area contributed by atoms with Gasteiger partial charge in [0.05, 0.1) is 32.8 Å². The molecule has 1 fully saturated rings. The molecule has 1 heterocycles. The number of amides is 1. The third kappa shape index (κ3) is 8.72. The zero-order chi connectivity index (χ0) is 28.3. The Kier molecular flexibility index (Phi) is 10.4. The van der Waals surface area contributed by atoms with Gasteiger partial charge in [0, 0.05) is 19.6 Å². The van der Waals surface area contributed by atoms with E-state index in [1.807, 2.05) is 0 Å². The average molecular weight is 615 g/mol. The van der Waals surface area contributed by atoms with E-state index >= 15 is 0 Å². The van der Waals surface area contributed by atoms with E-state index < -0.39 is 32.7 Å². The molecule has 2 aromatic carbocycles. The van der Waals surface area contributed by atoms with Crippen LogP contribution in [0.25, 0.3) is 0 Å². The molecular formula is C25H29Cl3F3N3O3S. The summed E-state index contributed by atoms with van der Waals surface area (Å²) in [4.78, 5) is 17.1. The maximum Gasteiger partial charge on any atom is 0.417 e. The summed E-state index contributed by atoms with van der Waals surface area (Å²) in [6, 6.07) is 8.43. The predicted octanol–water partition coefficient (Wildman–Crippen LogP) is 5.81.